The van der Waals surface area contributed by atoms with E-state index >= 15 is 0 Å². The van der Waals surface area contributed by atoms with Crippen molar-refractivity contribution < 1.29 is 9.21 Å². The number of hydrogen-bond donors (Lipinski definition) is 1. The Morgan fingerprint density at radius 2 is 1.83 bits per heavy atom. The number of nitrogens with one attached hydrogen (secondary N) is 1. The number of rotatable bonds is 6. The Kier molecular flexibility index (Phi) is 5.82. The SMILES string of the molecule is Cc1cc(C)cc(-c2nnc(SCC(=O)NC(C)C(C)C)o2)c1. The second-order valence-electron chi connectivity index (χ2n) is 6.14. The van der Waals surface area contributed by atoms with Gasteiger partial charge in [-0.15, -0.1) is 10.2 Å². The maximum absolute atomic E-state index is 11.9. The lowest BCUT2D eigenvalue weighted by Gasteiger charge is -2.16. The van der Waals surface area contributed by atoms with Crippen LogP contribution in [-0.2, 0) is 4.79 Å². The third-order valence-corrected chi connectivity index (χ3v) is 4.41. The van der Waals surface area contributed by atoms with Gasteiger partial charge in [-0.1, -0.05) is 42.8 Å². The number of amides is 1. The first-order valence-corrected chi connectivity index (χ1v) is 8.68. The van der Waals surface area contributed by atoms with E-state index in [1.807, 2.05) is 32.9 Å². The second-order valence-corrected chi connectivity index (χ2v) is 7.06. The zero-order chi connectivity index (χ0) is 17.0. The molecule has 1 aromatic heterocycles. The van der Waals surface area contributed by atoms with E-state index in [1.54, 1.807) is 0 Å². The quantitative estimate of drug-likeness (QED) is 0.818. The molecule has 1 atom stereocenters. The highest BCUT2D eigenvalue weighted by Crippen LogP contribution is 2.24. The lowest BCUT2D eigenvalue weighted by atomic mass is 10.1. The number of carbonyl (C=O) groups excluding carboxylic acids is 1. The van der Waals surface area contributed by atoms with Crippen LogP contribution in [0.15, 0.2) is 27.8 Å². The molecule has 0 aliphatic carbocycles. The molecule has 23 heavy (non-hydrogen) atoms. The van der Waals surface area contributed by atoms with Crippen molar-refractivity contribution in [3.8, 4) is 11.5 Å². The van der Waals surface area contributed by atoms with E-state index in [-0.39, 0.29) is 17.7 Å². The van der Waals surface area contributed by atoms with Gasteiger partial charge in [0.25, 0.3) is 5.22 Å². The first kappa shape index (κ1) is 17.5. The van der Waals surface area contributed by atoms with Gasteiger partial charge in [0.1, 0.15) is 0 Å². The summed E-state index contributed by atoms with van der Waals surface area (Å²) in [6, 6.07) is 6.25. The predicted molar refractivity (Wildman–Crippen MR) is 92.4 cm³/mol. The van der Waals surface area contributed by atoms with Gasteiger partial charge in [-0.2, -0.15) is 0 Å². The minimum Gasteiger partial charge on any atom is -0.411 e. The minimum absolute atomic E-state index is 0.0256. The summed E-state index contributed by atoms with van der Waals surface area (Å²) in [4.78, 5) is 11.9. The molecule has 0 bridgehead atoms. The molecule has 1 amide bonds. The monoisotopic (exact) mass is 333 g/mol. The zero-order valence-electron chi connectivity index (χ0n) is 14.2. The number of carbonyl (C=O) groups is 1. The molecule has 1 aromatic carbocycles. The summed E-state index contributed by atoms with van der Waals surface area (Å²) in [6.07, 6.45) is 0. The number of thioether (sulfide) groups is 1. The van der Waals surface area contributed by atoms with Crippen LogP contribution in [-0.4, -0.2) is 27.9 Å². The van der Waals surface area contributed by atoms with E-state index < -0.39 is 0 Å². The van der Waals surface area contributed by atoms with Gasteiger partial charge in [0.05, 0.1) is 5.75 Å². The van der Waals surface area contributed by atoms with Crippen LogP contribution in [0, 0.1) is 19.8 Å². The lowest BCUT2D eigenvalue weighted by Crippen LogP contribution is -2.37. The highest BCUT2D eigenvalue weighted by molar-refractivity contribution is 7.99. The molecular formula is C17H23N3O2S. The molecule has 1 N–H and O–H groups in total. The summed E-state index contributed by atoms with van der Waals surface area (Å²) >= 11 is 1.25. The Balaban J connectivity index is 1.96. The molecule has 1 heterocycles. The maximum Gasteiger partial charge on any atom is 0.277 e. The van der Waals surface area contributed by atoms with Crippen molar-refractivity contribution in [1.29, 1.82) is 0 Å². The van der Waals surface area contributed by atoms with Crippen molar-refractivity contribution >= 4 is 17.7 Å². The topological polar surface area (TPSA) is 68.0 Å². The number of aromatic nitrogens is 2. The molecule has 0 fully saturated rings. The van der Waals surface area contributed by atoms with Crippen LogP contribution in [0.3, 0.4) is 0 Å². The molecule has 5 nitrogen and oxygen atoms in total. The van der Waals surface area contributed by atoms with Crippen molar-refractivity contribution in [2.24, 2.45) is 5.92 Å². The Hall–Kier alpha value is -1.82. The number of benzene rings is 1. The zero-order valence-corrected chi connectivity index (χ0v) is 15.0. The van der Waals surface area contributed by atoms with Gasteiger partial charge in [-0.25, -0.2) is 0 Å². The van der Waals surface area contributed by atoms with Gasteiger partial charge in [0.2, 0.25) is 11.8 Å². The standard InChI is InChI=1S/C17H23N3O2S/c1-10(2)13(5)18-15(21)9-23-17-20-19-16(22-17)14-7-11(3)6-12(4)8-14/h6-8,10,13H,9H2,1-5H3,(H,18,21). The summed E-state index contributed by atoms with van der Waals surface area (Å²) in [5.74, 6) is 1.13. The van der Waals surface area contributed by atoms with Crippen LogP contribution in [0.1, 0.15) is 31.9 Å². The van der Waals surface area contributed by atoms with E-state index in [4.69, 9.17) is 4.42 Å². The summed E-state index contributed by atoms with van der Waals surface area (Å²) in [5, 5.41) is 11.4. The van der Waals surface area contributed by atoms with Gasteiger partial charge in [0.15, 0.2) is 0 Å². The molecule has 2 rings (SSSR count). The third-order valence-electron chi connectivity index (χ3n) is 3.59. The molecule has 1 unspecified atom stereocenters. The van der Waals surface area contributed by atoms with Crippen molar-refractivity contribution in [2.45, 2.75) is 45.9 Å². The fourth-order valence-electron chi connectivity index (χ4n) is 2.07. The molecule has 0 saturated carbocycles. The van der Waals surface area contributed by atoms with Crippen LogP contribution < -0.4 is 5.32 Å². The molecule has 0 radical (unpaired) electrons. The van der Waals surface area contributed by atoms with Gasteiger partial charge in [-0.05, 0) is 38.8 Å². The smallest absolute Gasteiger partial charge is 0.277 e. The van der Waals surface area contributed by atoms with Gasteiger partial charge in [-0.3, -0.25) is 4.79 Å². The molecule has 2 aromatic rings. The van der Waals surface area contributed by atoms with E-state index in [2.05, 4.69) is 35.4 Å². The minimum atomic E-state index is -0.0256. The normalized spacial score (nSPS) is 12.4. The maximum atomic E-state index is 11.9. The van der Waals surface area contributed by atoms with E-state index in [0.717, 1.165) is 16.7 Å². The summed E-state index contributed by atoms with van der Waals surface area (Å²) in [5.41, 5.74) is 3.20. The van der Waals surface area contributed by atoms with Crippen molar-refractivity contribution in [2.75, 3.05) is 5.75 Å². The fourth-order valence-corrected chi connectivity index (χ4v) is 2.65. The van der Waals surface area contributed by atoms with Crippen molar-refractivity contribution in [3.63, 3.8) is 0 Å². The van der Waals surface area contributed by atoms with Crippen LogP contribution in [0.4, 0.5) is 0 Å². The van der Waals surface area contributed by atoms with Gasteiger partial charge < -0.3 is 9.73 Å². The first-order chi connectivity index (χ1) is 10.8. The third kappa shape index (κ3) is 5.10. The molecule has 0 spiro atoms. The molecular weight excluding hydrogens is 310 g/mol. The number of hydrogen-bond acceptors (Lipinski definition) is 5. The van der Waals surface area contributed by atoms with E-state index in [1.165, 1.54) is 11.8 Å². The average molecular weight is 333 g/mol. The summed E-state index contributed by atoms with van der Waals surface area (Å²) in [6.45, 7) is 10.2. The number of nitrogens with zero attached hydrogens (tertiary/aromatic N) is 2. The van der Waals surface area contributed by atoms with Crippen molar-refractivity contribution in [1.82, 2.24) is 15.5 Å². The van der Waals surface area contributed by atoms with Crippen molar-refractivity contribution in [3.05, 3.63) is 29.3 Å². The molecule has 0 aliphatic rings. The molecule has 0 aliphatic heterocycles. The fraction of sp³-hybridized carbons (Fsp3) is 0.471. The Morgan fingerprint density at radius 3 is 2.43 bits per heavy atom. The van der Waals surface area contributed by atoms with Gasteiger partial charge >= 0.3 is 0 Å². The van der Waals surface area contributed by atoms with E-state index in [9.17, 15) is 4.79 Å². The van der Waals surface area contributed by atoms with E-state index in [0.29, 0.717) is 17.0 Å². The summed E-state index contributed by atoms with van der Waals surface area (Å²) < 4.78 is 5.64. The van der Waals surface area contributed by atoms with Crippen LogP contribution in [0.5, 0.6) is 0 Å². The van der Waals surface area contributed by atoms with Crippen LogP contribution in [0.2, 0.25) is 0 Å². The van der Waals surface area contributed by atoms with Gasteiger partial charge in [0, 0.05) is 11.6 Å². The highest BCUT2D eigenvalue weighted by atomic mass is 32.2. The number of aryl methyl sites for hydroxylation is 2. The largest absolute Gasteiger partial charge is 0.411 e. The van der Waals surface area contributed by atoms with Crippen LogP contribution in [0.25, 0.3) is 11.5 Å². The van der Waals surface area contributed by atoms with Crippen LogP contribution >= 0.6 is 11.8 Å². The Labute approximate surface area is 141 Å². The Morgan fingerprint density at radius 1 is 1.17 bits per heavy atom. The highest BCUT2D eigenvalue weighted by Gasteiger charge is 2.14. The first-order valence-electron chi connectivity index (χ1n) is 7.69. The summed E-state index contributed by atoms with van der Waals surface area (Å²) in [7, 11) is 0. The average Bonchev–Trinajstić information content (AvgIpc) is 2.93. The lowest BCUT2D eigenvalue weighted by molar-refractivity contribution is -0.119. The second kappa shape index (κ2) is 7.64. The Bertz CT molecular complexity index is 662. The molecule has 6 heteroatoms. The molecule has 124 valence electrons. The molecule has 0 saturated heterocycles. The predicted octanol–water partition coefficient (Wildman–Crippen LogP) is 3.61.